The zero-order chi connectivity index (χ0) is 18.2. The lowest BCUT2D eigenvalue weighted by atomic mass is 9.99. The van der Waals surface area contributed by atoms with E-state index in [2.05, 4.69) is 31.3 Å². The van der Waals surface area contributed by atoms with E-state index in [1.807, 2.05) is 24.3 Å². The molecule has 0 fully saturated rings. The van der Waals surface area contributed by atoms with Crippen molar-refractivity contribution < 1.29 is 14.3 Å². The predicted octanol–water partition coefficient (Wildman–Crippen LogP) is 3.44. The maximum absolute atomic E-state index is 11.9. The number of carbonyl (C=O) groups is 1. The van der Waals surface area contributed by atoms with Gasteiger partial charge in [-0.25, -0.2) is 0 Å². The summed E-state index contributed by atoms with van der Waals surface area (Å²) in [6.07, 6.45) is 0. The van der Waals surface area contributed by atoms with Crippen LogP contribution in [-0.2, 0) is 4.79 Å². The molecule has 1 atom stereocenters. The van der Waals surface area contributed by atoms with Crippen LogP contribution < -0.4 is 20.5 Å². The van der Waals surface area contributed by atoms with Gasteiger partial charge in [0, 0.05) is 18.7 Å². The van der Waals surface area contributed by atoms with Gasteiger partial charge in [0.25, 0.3) is 5.91 Å². The first-order valence-electron chi connectivity index (χ1n) is 8.38. The second kappa shape index (κ2) is 10.7. The fourth-order valence-corrected chi connectivity index (χ4v) is 2.36. The summed E-state index contributed by atoms with van der Waals surface area (Å²) in [5.41, 5.74) is 8.41. The number of methoxy groups -OCH3 is 1. The third-order valence-electron chi connectivity index (χ3n) is 3.96. The lowest BCUT2D eigenvalue weighted by Crippen LogP contribution is -2.35. The molecule has 26 heavy (non-hydrogen) atoms. The summed E-state index contributed by atoms with van der Waals surface area (Å²) in [6, 6.07) is 15.1. The monoisotopic (exact) mass is 378 g/mol. The highest BCUT2D eigenvalue weighted by molar-refractivity contribution is 5.85. The Kier molecular flexibility index (Phi) is 8.96. The predicted molar refractivity (Wildman–Crippen MR) is 106 cm³/mol. The highest BCUT2D eigenvalue weighted by Gasteiger charge is 2.10. The van der Waals surface area contributed by atoms with Crippen molar-refractivity contribution >= 4 is 18.3 Å². The van der Waals surface area contributed by atoms with E-state index in [9.17, 15) is 4.79 Å². The average molecular weight is 379 g/mol. The molecular formula is C20H27ClN2O3. The molecule has 1 amide bonds. The van der Waals surface area contributed by atoms with E-state index in [4.69, 9.17) is 15.2 Å². The van der Waals surface area contributed by atoms with Crippen LogP contribution >= 0.6 is 12.4 Å². The Balaban J connectivity index is 0.00000338. The van der Waals surface area contributed by atoms with Crippen LogP contribution in [-0.4, -0.2) is 26.2 Å². The van der Waals surface area contributed by atoms with Gasteiger partial charge in [0.2, 0.25) is 0 Å². The molecule has 2 aromatic rings. The summed E-state index contributed by atoms with van der Waals surface area (Å²) in [5.74, 6) is 1.55. The Morgan fingerprint density at radius 2 is 1.69 bits per heavy atom. The number of ether oxygens (including phenoxy) is 2. The molecule has 0 aromatic heterocycles. The average Bonchev–Trinajstić information content (AvgIpc) is 2.64. The molecule has 3 N–H and O–H groups in total. The second-order valence-electron chi connectivity index (χ2n) is 6.20. The van der Waals surface area contributed by atoms with Crippen molar-refractivity contribution in [2.75, 3.05) is 20.3 Å². The number of nitrogens with one attached hydrogen (secondary N) is 1. The molecule has 0 aliphatic carbocycles. The topological polar surface area (TPSA) is 73.6 Å². The molecule has 0 aliphatic heterocycles. The Bertz CT molecular complexity index is 690. The largest absolute Gasteiger partial charge is 0.497 e. The lowest BCUT2D eigenvalue weighted by molar-refractivity contribution is -0.123. The van der Waals surface area contributed by atoms with Gasteiger partial charge in [-0.3, -0.25) is 4.79 Å². The van der Waals surface area contributed by atoms with Gasteiger partial charge in [0.15, 0.2) is 6.61 Å². The van der Waals surface area contributed by atoms with Gasteiger partial charge < -0.3 is 20.5 Å². The third-order valence-corrected chi connectivity index (χ3v) is 3.96. The number of halogens is 1. The van der Waals surface area contributed by atoms with Gasteiger partial charge >= 0.3 is 0 Å². The molecule has 6 heteroatoms. The quantitative estimate of drug-likeness (QED) is 0.738. The second-order valence-corrected chi connectivity index (χ2v) is 6.20. The number of amides is 1. The maximum Gasteiger partial charge on any atom is 0.258 e. The highest BCUT2D eigenvalue weighted by atomic mass is 35.5. The number of carbonyl (C=O) groups excluding carboxylic acids is 1. The Morgan fingerprint density at radius 3 is 2.31 bits per heavy atom. The van der Waals surface area contributed by atoms with E-state index in [1.165, 1.54) is 5.56 Å². The van der Waals surface area contributed by atoms with Crippen molar-refractivity contribution in [3.05, 3.63) is 59.7 Å². The zero-order valence-electron chi connectivity index (χ0n) is 15.4. The summed E-state index contributed by atoms with van der Waals surface area (Å²) in [6.45, 7) is 4.60. The number of rotatable bonds is 8. The molecule has 0 bridgehead atoms. The molecule has 2 aromatic carbocycles. The number of nitrogens with two attached hydrogens (primary N) is 1. The van der Waals surface area contributed by atoms with Crippen LogP contribution in [0.2, 0.25) is 0 Å². The molecule has 0 saturated carbocycles. The minimum absolute atomic E-state index is 0. The first-order valence-corrected chi connectivity index (χ1v) is 8.38. The molecule has 142 valence electrons. The van der Waals surface area contributed by atoms with Crippen LogP contribution in [0, 0.1) is 0 Å². The molecule has 1 unspecified atom stereocenters. The zero-order valence-corrected chi connectivity index (χ0v) is 16.2. The molecular weight excluding hydrogens is 352 g/mol. The molecule has 0 aliphatic rings. The Morgan fingerprint density at radius 1 is 1.08 bits per heavy atom. The van der Waals surface area contributed by atoms with Crippen LogP contribution in [0.1, 0.15) is 36.9 Å². The van der Waals surface area contributed by atoms with E-state index in [0.29, 0.717) is 24.0 Å². The minimum Gasteiger partial charge on any atom is -0.497 e. The van der Waals surface area contributed by atoms with Crippen molar-refractivity contribution in [2.45, 2.75) is 25.8 Å². The van der Waals surface area contributed by atoms with Gasteiger partial charge in [-0.2, -0.15) is 0 Å². The number of hydrogen-bond acceptors (Lipinski definition) is 4. The van der Waals surface area contributed by atoms with Crippen LogP contribution in [0.15, 0.2) is 48.5 Å². The van der Waals surface area contributed by atoms with Crippen molar-refractivity contribution in [2.24, 2.45) is 5.73 Å². The number of benzene rings is 2. The molecule has 0 radical (unpaired) electrons. The van der Waals surface area contributed by atoms with Gasteiger partial charge in [-0.15, -0.1) is 12.4 Å². The van der Waals surface area contributed by atoms with Gasteiger partial charge in [0.05, 0.1) is 7.11 Å². The summed E-state index contributed by atoms with van der Waals surface area (Å²) in [5, 5.41) is 2.80. The first-order chi connectivity index (χ1) is 12.0. The van der Waals surface area contributed by atoms with Gasteiger partial charge in [-0.05, 0) is 29.2 Å². The van der Waals surface area contributed by atoms with E-state index < -0.39 is 0 Å². The molecule has 0 spiro atoms. The molecule has 5 nitrogen and oxygen atoms in total. The Hall–Kier alpha value is -2.24. The third kappa shape index (κ3) is 6.58. The summed E-state index contributed by atoms with van der Waals surface area (Å²) in [7, 11) is 1.58. The number of hydrogen-bond donors (Lipinski definition) is 2. The smallest absolute Gasteiger partial charge is 0.258 e. The van der Waals surface area contributed by atoms with Crippen molar-refractivity contribution in [1.82, 2.24) is 5.32 Å². The van der Waals surface area contributed by atoms with Crippen molar-refractivity contribution in [3.8, 4) is 11.5 Å². The molecule has 0 saturated heterocycles. The van der Waals surface area contributed by atoms with Crippen LogP contribution in [0.25, 0.3) is 0 Å². The first kappa shape index (κ1) is 21.8. The summed E-state index contributed by atoms with van der Waals surface area (Å²) in [4.78, 5) is 11.9. The maximum atomic E-state index is 11.9. The molecule has 0 heterocycles. The minimum atomic E-state index is -0.248. The van der Waals surface area contributed by atoms with Crippen LogP contribution in [0.3, 0.4) is 0 Å². The van der Waals surface area contributed by atoms with Crippen LogP contribution in [0.4, 0.5) is 0 Å². The van der Waals surface area contributed by atoms with Crippen molar-refractivity contribution in [3.63, 3.8) is 0 Å². The van der Waals surface area contributed by atoms with E-state index in [0.717, 1.165) is 5.56 Å². The van der Waals surface area contributed by atoms with E-state index >= 15 is 0 Å². The van der Waals surface area contributed by atoms with E-state index in [-0.39, 0.29) is 31.0 Å². The molecule has 2 rings (SSSR count). The van der Waals surface area contributed by atoms with Crippen molar-refractivity contribution in [1.29, 1.82) is 0 Å². The SMILES string of the molecule is COc1cccc(OCC(=O)NCC(N)c2ccc(C(C)C)cc2)c1.Cl. The van der Waals surface area contributed by atoms with Gasteiger partial charge in [0.1, 0.15) is 11.5 Å². The highest BCUT2D eigenvalue weighted by Crippen LogP contribution is 2.19. The summed E-state index contributed by atoms with van der Waals surface area (Å²) < 4.78 is 10.6. The Labute approximate surface area is 161 Å². The normalized spacial score (nSPS) is 11.4. The standard InChI is InChI=1S/C20H26N2O3.ClH/c1-14(2)15-7-9-16(10-8-15)19(21)12-22-20(23)13-25-18-6-4-5-17(11-18)24-3;/h4-11,14,19H,12-13,21H2,1-3H3,(H,22,23);1H. The van der Waals surface area contributed by atoms with Gasteiger partial charge in [-0.1, -0.05) is 44.2 Å². The van der Waals surface area contributed by atoms with E-state index in [1.54, 1.807) is 19.2 Å². The van der Waals surface area contributed by atoms with Crippen LogP contribution in [0.5, 0.6) is 11.5 Å². The lowest BCUT2D eigenvalue weighted by Gasteiger charge is -2.15. The summed E-state index contributed by atoms with van der Waals surface area (Å²) >= 11 is 0. The fraction of sp³-hybridized carbons (Fsp3) is 0.350. The fourth-order valence-electron chi connectivity index (χ4n) is 2.36.